The number of Topliss-reactive ketones (excluding diaryl/α,β-unsaturated/α-hetero) is 1. The lowest BCUT2D eigenvalue weighted by molar-refractivity contribution is -0.120. The standard InChI is InChI=1S/C33H30N4O3/c1-3-23-13-11-16-25(20-23)34-33(40)36-31-32(39)37(21-29(38)26-17-8-7-12-22(26)2)28-19-10-9-18-27(28)30(35-31)24-14-5-4-6-15-24/h4-20,31H,3,21H2,1-2H3,(H2,34,36,40)/t31-/m1/s1. The van der Waals surface area contributed by atoms with Gasteiger partial charge in [0.2, 0.25) is 6.17 Å². The predicted molar refractivity (Wildman–Crippen MR) is 158 cm³/mol. The highest BCUT2D eigenvalue weighted by atomic mass is 16.2. The van der Waals surface area contributed by atoms with Crippen molar-refractivity contribution in [1.82, 2.24) is 5.32 Å². The molecule has 0 unspecified atom stereocenters. The number of benzene rings is 4. The maximum absolute atomic E-state index is 14.0. The summed E-state index contributed by atoms with van der Waals surface area (Å²) in [5.74, 6) is -0.707. The Morgan fingerprint density at radius 1 is 0.875 bits per heavy atom. The van der Waals surface area contributed by atoms with E-state index in [0.29, 0.717) is 28.2 Å². The zero-order valence-corrected chi connectivity index (χ0v) is 22.4. The van der Waals surface area contributed by atoms with Crippen molar-refractivity contribution in [2.75, 3.05) is 16.8 Å². The van der Waals surface area contributed by atoms with Gasteiger partial charge >= 0.3 is 6.03 Å². The average Bonchev–Trinajstić information content (AvgIpc) is 3.08. The van der Waals surface area contributed by atoms with Crippen LogP contribution in [0.3, 0.4) is 0 Å². The summed E-state index contributed by atoms with van der Waals surface area (Å²) in [4.78, 5) is 46.8. The highest BCUT2D eigenvalue weighted by molar-refractivity contribution is 6.21. The van der Waals surface area contributed by atoms with Crippen LogP contribution in [0.2, 0.25) is 0 Å². The molecule has 4 aromatic rings. The third-order valence-corrected chi connectivity index (χ3v) is 6.86. The van der Waals surface area contributed by atoms with E-state index in [0.717, 1.165) is 23.1 Å². The van der Waals surface area contributed by atoms with Gasteiger partial charge in [0.05, 0.1) is 17.9 Å². The van der Waals surface area contributed by atoms with Gasteiger partial charge in [-0.3, -0.25) is 9.59 Å². The lowest BCUT2D eigenvalue weighted by atomic mass is 9.99. The van der Waals surface area contributed by atoms with Crippen LogP contribution in [0.1, 0.15) is 39.5 Å². The van der Waals surface area contributed by atoms with E-state index in [1.807, 2.05) is 92.7 Å². The van der Waals surface area contributed by atoms with Gasteiger partial charge in [0.1, 0.15) is 0 Å². The van der Waals surface area contributed by atoms with Crippen LogP contribution in [-0.2, 0) is 11.2 Å². The second-order valence-corrected chi connectivity index (χ2v) is 9.58. The number of hydrogen-bond acceptors (Lipinski definition) is 4. The molecular formula is C33H30N4O3. The van der Waals surface area contributed by atoms with Crippen molar-refractivity contribution in [2.45, 2.75) is 26.4 Å². The van der Waals surface area contributed by atoms with E-state index >= 15 is 0 Å². The fourth-order valence-electron chi connectivity index (χ4n) is 4.79. The van der Waals surface area contributed by atoms with Gasteiger partial charge in [-0.1, -0.05) is 91.9 Å². The first-order valence-corrected chi connectivity index (χ1v) is 13.2. The van der Waals surface area contributed by atoms with Gasteiger partial charge < -0.3 is 15.5 Å². The van der Waals surface area contributed by atoms with Gasteiger partial charge in [-0.2, -0.15) is 0 Å². The predicted octanol–water partition coefficient (Wildman–Crippen LogP) is 5.77. The number of hydrogen-bond donors (Lipinski definition) is 2. The molecule has 7 nitrogen and oxygen atoms in total. The number of aryl methyl sites for hydroxylation is 2. The topological polar surface area (TPSA) is 90.9 Å². The molecule has 1 heterocycles. The third-order valence-electron chi connectivity index (χ3n) is 6.86. The molecule has 200 valence electrons. The second-order valence-electron chi connectivity index (χ2n) is 9.58. The number of nitrogens with one attached hydrogen (secondary N) is 2. The number of carbonyl (C=O) groups excluding carboxylic acids is 3. The molecule has 0 fully saturated rings. The number of rotatable bonds is 7. The number of carbonyl (C=O) groups is 3. The summed E-state index contributed by atoms with van der Waals surface area (Å²) in [5.41, 5.74) is 5.64. The molecule has 5 rings (SSSR count). The minimum atomic E-state index is -1.26. The number of fused-ring (bicyclic) bond motifs is 1. The molecule has 1 aliphatic rings. The molecule has 0 aromatic heterocycles. The Bertz CT molecular complexity index is 1600. The van der Waals surface area contributed by atoms with Gasteiger partial charge in [-0.05, 0) is 42.7 Å². The first-order chi connectivity index (χ1) is 19.4. The number of urea groups is 1. The largest absolute Gasteiger partial charge is 0.321 e. The molecule has 7 heteroatoms. The van der Waals surface area contributed by atoms with Crippen molar-refractivity contribution < 1.29 is 14.4 Å². The van der Waals surface area contributed by atoms with Gasteiger partial charge in [0.15, 0.2) is 5.78 Å². The third kappa shape index (κ3) is 5.68. The summed E-state index contributed by atoms with van der Waals surface area (Å²) in [6, 6.07) is 31.1. The van der Waals surface area contributed by atoms with Crippen molar-refractivity contribution in [2.24, 2.45) is 4.99 Å². The molecule has 1 atom stereocenters. The molecule has 0 aliphatic carbocycles. The summed E-state index contributed by atoms with van der Waals surface area (Å²) in [5, 5.41) is 5.56. The van der Waals surface area contributed by atoms with Crippen LogP contribution < -0.4 is 15.5 Å². The van der Waals surface area contributed by atoms with Crippen LogP contribution >= 0.6 is 0 Å². The van der Waals surface area contributed by atoms with Crippen molar-refractivity contribution >= 4 is 34.8 Å². The number of anilines is 2. The van der Waals surface area contributed by atoms with Crippen LogP contribution in [0.25, 0.3) is 0 Å². The van der Waals surface area contributed by atoms with E-state index < -0.39 is 18.1 Å². The zero-order valence-electron chi connectivity index (χ0n) is 22.4. The highest BCUT2D eigenvalue weighted by Crippen LogP contribution is 2.29. The average molecular weight is 531 g/mol. The Balaban J connectivity index is 1.53. The molecule has 1 aliphatic heterocycles. The van der Waals surface area contributed by atoms with Crippen LogP contribution in [0.15, 0.2) is 108 Å². The minimum Gasteiger partial charge on any atom is -0.308 e. The first-order valence-electron chi connectivity index (χ1n) is 13.2. The zero-order chi connectivity index (χ0) is 28.1. The Labute approximate surface area is 233 Å². The highest BCUT2D eigenvalue weighted by Gasteiger charge is 2.34. The van der Waals surface area contributed by atoms with Gasteiger partial charge in [-0.25, -0.2) is 9.79 Å². The van der Waals surface area contributed by atoms with Gasteiger partial charge in [0.25, 0.3) is 5.91 Å². The fraction of sp³-hybridized carbons (Fsp3) is 0.152. The Morgan fingerprint density at radius 2 is 1.60 bits per heavy atom. The fourth-order valence-corrected chi connectivity index (χ4v) is 4.79. The van der Waals surface area contributed by atoms with E-state index in [4.69, 9.17) is 4.99 Å². The maximum atomic E-state index is 14.0. The number of para-hydroxylation sites is 1. The number of ketones is 1. The molecule has 0 spiro atoms. The van der Waals surface area contributed by atoms with Crippen LogP contribution in [-0.4, -0.2) is 36.1 Å². The number of amides is 3. The monoisotopic (exact) mass is 530 g/mol. The minimum absolute atomic E-state index is 0.198. The maximum Gasteiger partial charge on any atom is 0.321 e. The smallest absolute Gasteiger partial charge is 0.308 e. The molecule has 0 bridgehead atoms. The molecule has 0 radical (unpaired) electrons. The molecular weight excluding hydrogens is 500 g/mol. The first kappa shape index (κ1) is 26.6. The van der Waals surface area contributed by atoms with E-state index in [1.54, 1.807) is 24.3 Å². The summed E-state index contributed by atoms with van der Waals surface area (Å²) in [6.07, 6.45) is -0.438. The number of aliphatic imine (C=N–C) groups is 1. The van der Waals surface area contributed by atoms with Crippen molar-refractivity contribution in [3.8, 4) is 0 Å². The second kappa shape index (κ2) is 11.8. The van der Waals surface area contributed by atoms with Gasteiger partial charge in [0, 0.05) is 22.4 Å². The molecule has 40 heavy (non-hydrogen) atoms. The quantitative estimate of drug-likeness (QED) is 0.297. The number of benzodiazepines with no additional fused rings is 1. The molecule has 3 amide bonds. The van der Waals surface area contributed by atoms with E-state index in [9.17, 15) is 14.4 Å². The molecule has 0 saturated carbocycles. The molecule has 4 aromatic carbocycles. The molecule has 0 saturated heterocycles. The lowest BCUT2D eigenvalue weighted by Crippen LogP contribution is -2.50. The summed E-state index contributed by atoms with van der Waals surface area (Å²) in [7, 11) is 0. The summed E-state index contributed by atoms with van der Waals surface area (Å²) in [6.45, 7) is 3.70. The van der Waals surface area contributed by atoms with Crippen molar-refractivity contribution in [3.63, 3.8) is 0 Å². The summed E-state index contributed by atoms with van der Waals surface area (Å²) >= 11 is 0. The van der Waals surface area contributed by atoms with Crippen LogP contribution in [0.4, 0.5) is 16.2 Å². The van der Waals surface area contributed by atoms with E-state index in [-0.39, 0.29) is 12.3 Å². The van der Waals surface area contributed by atoms with Crippen LogP contribution in [0.5, 0.6) is 0 Å². The van der Waals surface area contributed by atoms with Crippen molar-refractivity contribution in [3.05, 3.63) is 131 Å². The normalized spacial score (nSPS) is 14.6. The van der Waals surface area contributed by atoms with Crippen LogP contribution in [0, 0.1) is 6.92 Å². The molecule has 2 N–H and O–H groups in total. The number of nitrogens with zero attached hydrogens (tertiary/aromatic N) is 2. The Kier molecular flexibility index (Phi) is 7.82. The SMILES string of the molecule is CCc1cccc(NC(=O)N[C@H]2N=C(c3ccccc3)c3ccccc3N(CC(=O)c3ccccc3C)C2=O)c1. The van der Waals surface area contributed by atoms with E-state index in [2.05, 4.69) is 10.6 Å². The summed E-state index contributed by atoms with van der Waals surface area (Å²) < 4.78 is 0. The van der Waals surface area contributed by atoms with E-state index in [1.165, 1.54) is 4.90 Å². The van der Waals surface area contributed by atoms with Gasteiger partial charge in [-0.15, -0.1) is 0 Å². The Morgan fingerprint density at radius 3 is 2.38 bits per heavy atom. The van der Waals surface area contributed by atoms with Crippen molar-refractivity contribution in [1.29, 1.82) is 0 Å². The lowest BCUT2D eigenvalue weighted by Gasteiger charge is -2.25. The Hall–Kier alpha value is -5.04.